The molecule has 3 aromatic rings. The summed E-state index contributed by atoms with van der Waals surface area (Å²) in [6, 6.07) is 30.8. The van der Waals surface area contributed by atoms with E-state index in [1.54, 1.807) is 0 Å². The second-order valence-corrected chi connectivity index (χ2v) is 7.29. The molecule has 1 atom stereocenters. The third-order valence-corrected chi connectivity index (χ3v) is 4.84. The van der Waals surface area contributed by atoms with E-state index in [1.165, 1.54) is 0 Å². The van der Waals surface area contributed by atoms with E-state index in [9.17, 15) is 5.11 Å². The lowest BCUT2D eigenvalue weighted by molar-refractivity contribution is 0.00458. The van der Waals surface area contributed by atoms with Crippen LogP contribution in [-0.2, 0) is 10.3 Å². The van der Waals surface area contributed by atoms with Crippen molar-refractivity contribution in [2.75, 3.05) is 6.61 Å². The minimum atomic E-state index is -0.699. The second kappa shape index (κ2) is 8.61. The van der Waals surface area contributed by atoms with Gasteiger partial charge in [-0.05, 0) is 16.7 Å². The highest BCUT2D eigenvalue weighted by Gasteiger charge is 2.37. The molecular weight excluding hydrogens is 423 g/mol. The topological polar surface area (TPSA) is 29.5 Å². The van der Waals surface area contributed by atoms with Gasteiger partial charge in [-0.25, -0.2) is 0 Å². The predicted octanol–water partition coefficient (Wildman–Crippen LogP) is 5.14. The normalized spacial score (nSPS) is 12.7. The number of benzene rings is 3. The van der Waals surface area contributed by atoms with E-state index in [4.69, 9.17) is 4.74 Å². The van der Waals surface area contributed by atoms with Gasteiger partial charge in [-0.3, -0.25) is 0 Å². The molecule has 25 heavy (non-hydrogen) atoms. The quantitative estimate of drug-likeness (QED) is 0.311. The molecule has 0 amide bonds. The molecule has 3 heteroatoms. The molecule has 0 spiro atoms. The molecule has 2 nitrogen and oxygen atoms in total. The number of hydrogen-bond donors (Lipinski definition) is 1. The fourth-order valence-electron chi connectivity index (χ4n) is 3.08. The van der Waals surface area contributed by atoms with E-state index in [1.807, 2.05) is 77.2 Å². The second-order valence-electron chi connectivity index (χ2n) is 5.85. The van der Waals surface area contributed by atoms with Crippen LogP contribution in [0.4, 0.5) is 0 Å². The molecule has 128 valence electrons. The third kappa shape index (κ3) is 4.11. The van der Waals surface area contributed by atoms with Crippen molar-refractivity contribution >= 4 is 22.6 Å². The average molecular weight is 444 g/mol. The van der Waals surface area contributed by atoms with Crippen LogP contribution in [0.3, 0.4) is 0 Å². The lowest BCUT2D eigenvalue weighted by Gasteiger charge is -2.36. The Hall–Kier alpha value is -1.69. The smallest absolute Gasteiger partial charge is 0.143 e. The minimum Gasteiger partial charge on any atom is -0.383 e. The number of hydrogen-bond acceptors (Lipinski definition) is 2. The van der Waals surface area contributed by atoms with E-state index in [2.05, 4.69) is 36.4 Å². The fourth-order valence-corrected chi connectivity index (χ4v) is 3.33. The zero-order valence-corrected chi connectivity index (χ0v) is 16.0. The van der Waals surface area contributed by atoms with Crippen molar-refractivity contribution in [2.45, 2.75) is 16.1 Å². The molecule has 3 rings (SSSR count). The van der Waals surface area contributed by atoms with Crippen LogP contribution in [0.15, 0.2) is 91.0 Å². The van der Waals surface area contributed by atoms with Crippen LogP contribution in [0, 0.1) is 0 Å². The lowest BCUT2D eigenvalue weighted by atomic mass is 9.80. The predicted molar refractivity (Wildman–Crippen MR) is 110 cm³/mol. The van der Waals surface area contributed by atoms with Gasteiger partial charge in [0.2, 0.25) is 0 Å². The summed E-state index contributed by atoms with van der Waals surface area (Å²) in [5.74, 6) is 0. The average Bonchev–Trinajstić information content (AvgIpc) is 2.67. The number of ether oxygens (including phenoxy) is 1. The van der Waals surface area contributed by atoms with Crippen molar-refractivity contribution in [3.63, 3.8) is 0 Å². The Morgan fingerprint density at radius 1 is 0.720 bits per heavy atom. The van der Waals surface area contributed by atoms with Gasteiger partial charge >= 0.3 is 0 Å². The minimum absolute atomic E-state index is 0.419. The Bertz CT molecular complexity index is 661. The van der Waals surface area contributed by atoms with Gasteiger partial charge in [0, 0.05) is 6.42 Å². The molecule has 3 aromatic carbocycles. The fraction of sp³-hybridized carbons (Fsp3) is 0.182. The highest BCUT2D eigenvalue weighted by atomic mass is 127. The van der Waals surface area contributed by atoms with Gasteiger partial charge in [-0.15, -0.1) is 0 Å². The van der Waals surface area contributed by atoms with Crippen LogP contribution < -0.4 is 0 Å². The summed E-state index contributed by atoms with van der Waals surface area (Å²) >= 11 is 2.01. The highest BCUT2D eigenvalue weighted by Crippen LogP contribution is 2.40. The molecule has 0 radical (unpaired) electrons. The van der Waals surface area contributed by atoms with Crippen molar-refractivity contribution in [1.29, 1.82) is 0 Å². The first-order valence-corrected chi connectivity index (χ1v) is 9.61. The maximum Gasteiger partial charge on any atom is 0.143 e. The summed E-state index contributed by atoms with van der Waals surface area (Å²) in [6.45, 7) is 0.461. The van der Waals surface area contributed by atoms with Gasteiger partial charge in [0.15, 0.2) is 0 Å². The van der Waals surface area contributed by atoms with Crippen molar-refractivity contribution < 1.29 is 9.84 Å². The molecule has 0 aromatic heterocycles. The monoisotopic (exact) mass is 444 g/mol. The molecule has 0 aliphatic heterocycles. The zero-order chi connectivity index (χ0) is 17.5. The van der Waals surface area contributed by atoms with Gasteiger partial charge in [-0.1, -0.05) is 114 Å². The summed E-state index contributed by atoms with van der Waals surface area (Å²) in [7, 11) is 0. The molecule has 0 saturated heterocycles. The van der Waals surface area contributed by atoms with Gasteiger partial charge in [-0.2, -0.15) is 0 Å². The van der Waals surface area contributed by atoms with Gasteiger partial charge < -0.3 is 9.84 Å². The van der Waals surface area contributed by atoms with E-state index >= 15 is 0 Å². The Balaban J connectivity index is 2.16. The van der Waals surface area contributed by atoms with Crippen LogP contribution in [0.5, 0.6) is 0 Å². The summed E-state index contributed by atoms with van der Waals surface area (Å²) in [4.78, 5) is 0. The summed E-state index contributed by atoms with van der Waals surface area (Å²) in [6.07, 6.45) is 0.578. The zero-order valence-electron chi connectivity index (χ0n) is 13.9. The molecular formula is C22H21IO2. The van der Waals surface area contributed by atoms with Crippen molar-refractivity contribution in [1.82, 2.24) is 0 Å². The lowest BCUT2D eigenvalue weighted by Crippen LogP contribution is -2.33. The van der Waals surface area contributed by atoms with Crippen molar-refractivity contribution in [2.24, 2.45) is 0 Å². The maximum absolute atomic E-state index is 9.67. The highest BCUT2D eigenvalue weighted by molar-refractivity contribution is 14.1. The largest absolute Gasteiger partial charge is 0.383 e. The number of halogens is 1. The molecule has 0 heterocycles. The van der Waals surface area contributed by atoms with Crippen LogP contribution in [0.2, 0.25) is 0 Å². The first-order chi connectivity index (χ1) is 12.2. The van der Waals surface area contributed by atoms with Crippen LogP contribution in [-0.4, -0.2) is 15.8 Å². The molecule has 0 aliphatic carbocycles. The summed E-state index contributed by atoms with van der Waals surface area (Å²) in [5.41, 5.74) is 2.54. The van der Waals surface area contributed by atoms with Crippen LogP contribution in [0.25, 0.3) is 0 Å². The Morgan fingerprint density at radius 3 is 1.40 bits per heavy atom. The number of alkyl halides is 1. The molecule has 1 N–H and O–H groups in total. The molecule has 0 saturated carbocycles. The molecule has 0 bridgehead atoms. The Kier molecular flexibility index (Phi) is 6.24. The summed E-state index contributed by atoms with van der Waals surface area (Å²) < 4.78 is 6.12. The molecule has 0 aliphatic rings. The number of aliphatic hydroxyl groups is 1. The van der Waals surface area contributed by atoms with Gasteiger partial charge in [0.05, 0.1) is 6.61 Å². The Morgan fingerprint density at radius 2 is 1.08 bits per heavy atom. The Labute approximate surface area is 162 Å². The summed E-state index contributed by atoms with van der Waals surface area (Å²) in [5, 5.41) is 9.67. The van der Waals surface area contributed by atoms with Crippen LogP contribution in [0.1, 0.15) is 23.1 Å². The number of aliphatic hydroxyl groups excluding tert-OH is 1. The first-order valence-electron chi connectivity index (χ1n) is 8.36. The first kappa shape index (κ1) is 18.1. The third-order valence-electron chi connectivity index (χ3n) is 4.22. The van der Waals surface area contributed by atoms with Gasteiger partial charge in [0.1, 0.15) is 9.71 Å². The van der Waals surface area contributed by atoms with Crippen LogP contribution >= 0.6 is 22.6 Å². The van der Waals surface area contributed by atoms with E-state index in [0.29, 0.717) is 13.0 Å². The SMILES string of the molecule is O[C@H](I)CCOC(c1ccccc1)(c1ccccc1)c1ccccc1. The van der Waals surface area contributed by atoms with Crippen molar-refractivity contribution in [3.8, 4) is 0 Å². The van der Waals surface area contributed by atoms with Gasteiger partial charge in [0.25, 0.3) is 0 Å². The van der Waals surface area contributed by atoms with E-state index < -0.39 is 9.71 Å². The van der Waals surface area contributed by atoms with Crippen molar-refractivity contribution in [3.05, 3.63) is 108 Å². The van der Waals surface area contributed by atoms with E-state index in [-0.39, 0.29) is 0 Å². The van der Waals surface area contributed by atoms with E-state index in [0.717, 1.165) is 16.7 Å². The molecule has 0 unspecified atom stereocenters. The number of rotatable bonds is 7. The molecule has 0 fully saturated rings. The maximum atomic E-state index is 9.67. The standard InChI is InChI=1S/C22H21IO2/c23-21(24)16-17-25-22(18-10-4-1-5-11-18,19-12-6-2-7-13-19)20-14-8-3-9-15-20/h1-15,21,24H,16-17H2/t21-/m0/s1.